The van der Waals surface area contributed by atoms with Gasteiger partial charge in [-0.15, -0.1) is 11.3 Å². The number of hydrogen-bond donors (Lipinski definition) is 1. The molecule has 3 heteroatoms. The van der Waals surface area contributed by atoms with Crippen molar-refractivity contribution >= 4 is 21.6 Å². The Labute approximate surface area is 92.6 Å². The summed E-state index contributed by atoms with van der Waals surface area (Å²) in [6.07, 6.45) is 1.87. The fourth-order valence-corrected chi connectivity index (χ4v) is 3.33. The lowest BCUT2D eigenvalue weighted by Gasteiger charge is -2.14. The molecule has 0 spiro atoms. The molecule has 3 rings (SSSR count). The van der Waals surface area contributed by atoms with Crippen LogP contribution in [0.4, 0.5) is 0 Å². The van der Waals surface area contributed by atoms with Crippen LogP contribution in [0.5, 0.6) is 0 Å². The lowest BCUT2D eigenvalue weighted by Crippen LogP contribution is -2.22. The van der Waals surface area contributed by atoms with Crippen LogP contribution in [0.1, 0.15) is 24.8 Å². The van der Waals surface area contributed by atoms with Crippen molar-refractivity contribution in [3.63, 3.8) is 0 Å². The molecule has 1 fully saturated rings. The van der Waals surface area contributed by atoms with Crippen LogP contribution in [-0.4, -0.2) is 16.2 Å². The third-order valence-corrected chi connectivity index (χ3v) is 4.56. The molecule has 2 aromatic rings. The van der Waals surface area contributed by atoms with Gasteiger partial charge < -0.3 is 5.11 Å². The van der Waals surface area contributed by atoms with Crippen molar-refractivity contribution in [1.29, 1.82) is 0 Å². The van der Waals surface area contributed by atoms with Gasteiger partial charge in [-0.3, -0.25) is 0 Å². The standard InChI is InChI=1S/C12H13NOS/c1-8(14)12(6-7-12)11-13-9-4-2-3-5-10(9)15-11/h2-5,8,14H,6-7H2,1H3. The van der Waals surface area contributed by atoms with E-state index in [9.17, 15) is 5.11 Å². The molecular formula is C12H13NOS. The lowest BCUT2D eigenvalue weighted by atomic mass is 10.0. The van der Waals surface area contributed by atoms with Crippen molar-refractivity contribution in [2.75, 3.05) is 0 Å². The molecule has 1 aliphatic carbocycles. The Morgan fingerprint density at radius 1 is 1.40 bits per heavy atom. The first-order chi connectivity index (χ1) is 7.22. The summed E-state index contributed by atoms with van der Waals surface area (Å²) in [6.45, 7) is 1.87. The number of aliphatic hydroxyl groups excluding tert-OH is 1. The number of aliphatic hydroxyl groups is 1. The Balaban J connectivity index is 2.13. The summed E-state index contributed by atoms with van der Waals surface area (Å²) in [5.41, 5.74) is 1.04. The molecule has 1 aromatic heterocycles. The molecule has 1 heterocycles. The molecule has 0 aliphatic heterocycles. The number of para-hydroxylation sites is 1. The molecule has 0 bridgehead atoms. The molecular weight excluding hydrogens is 206 g/mol. The molecule has 1 unspecified atom stereocenters. The predicted molar refractivity (Wildman–Crippen MR) is 62.2 cm³/mol. The summed E-state index contributed by atoms with van der Waals surface area (Å²) in [5.74, 6) is 0. The van der Waals surface area contributed by atoms with Crippen LogP contribution < -0.4 is 0 Å². The van der Waals surface area contributed by atoms with Crippen molar-refractivity contribution < 1.29 is 5.11 Å². The van der Waals surface area contributed by atoms with Gasteiger partial charge in [0.1, 0.15) is 5.01 Å². The zero-order valence-corrected chi connectivity index (χ0v) is 9.42. The zero-order chi connectivity index (χ0) is 10.5. The van der Waals surface area contributed by atoms with E-state index in [4.69, 9.17) is 0 Å². The van der Waals surface area contributed by atoms with Crippen molar-refractivity contribution in [1.82, 2.24) is 4.98 Å². The Morgan fingerprint density at radius 3 is 2.73 bits per heavy atom. The Bertz CT molecular complexity index is 466. The second-order valence-electron chi connectivity index (χ2n) is 4.32. The van der Waals surface area contributed by atoms with Crippen LogP contribution >= 0.6 is 11.3 Å². The average Bonchev–Trinajstić information content (AvgIpc) is 2.93. The maximum Gasteiger partial charge on any atom is 0.103 e. The van der Waals surface area contributed by atoms with E-state index in [-0.39, 0.29) is 11.5 Å². The number of thiazole rings is 1. The summed E-state index contributed by atoms with van der Waals surface area (Å²) in [7, 11) is 0. The van der Waals surface area contributed by atoms with Gasteiger partial charge in [0, 0.05) is 5.41 Å². The van der Waals surface area contributed by atoms with Crippen LogP contribution in [0.15, 0.2) is 24.3 Å². The van der Waals surface area contributed by atoms with Gasteiger partial charge in [-0.1, -0.05) is 12.1 Å². The van der Waals surface area contributed by atoms with Gasteiger partial charge in [-0.2, -0.15) is 0 Å². The first-order valence-electron chi connectivity index (χ1n) is 5.26. The van der Waals surface area contributed by atoms with E-state index in [1.165, 1.54) is 4.70 Å². The first kappa shape index (κ1) is 9.31. The number of hydrogen-bond acceptors (Lipinski definition) is 3. The van der Waals surface area contributed by atoms with Gasteiger partial charge in [-0.25, -0.2) is 4.98 Å². The van der Waals surface area contributed by atoms with Crippen molar-refractivity contribution in [3.8, 4) is 0 Å². The number of fused-ring (bicyclic) bond motifs is 1. The molecule has 1 aliphatic rings. The maximum absolute atomic E-state index is 9.79. The summed E-state index contributed by atoms with van der Waals surface area (Å²) in [5, 5.41) is 10.9. The molecule has 1 aromatic carbocycles. The highest BCUT2D eigenvalue weighted by molar-refractivity contribution is 7.18. The van der Waals surface area contributed by atoms with Gasteiger partial charge in [-0.05, 0) is 31.9 Å². The summed E-state index contributed by atoms with van der Waals surface area (Å²) in [6, 6.07) is 8.17. The molecule has 15 heavy (non-hydrogen) atoms. The summed E-state index contributed by atoms with van der Waals surface area (Å²) >= 11 is 1.72. The van der Waals surface area contributed by atoms with E-state index >= 15 is 0 Å². The number of nitrogens with zero attached hydrogens (tertiary/aromatic N) is 1. The second kappa shape index (κ2) is 3.03. The minimum absolute atomic E-state index is 0.0241. The molecule has 78 valence electrons. The first-order valence-corrected chi connectivity index (χ1v) is 6.08. The summed E-state index contributed by atoms with van der Waals surface area (Å²) < 4.78 is 1.22. The average molecular weight is 219 g/mol. The molecule has 1 N–H and O–H groups in total. The largest absolute Gasteiger partial charge is 0.392 e. The monoisotopic (exact) mass is 219 g/mol. The van der Waals surface area contributed by atoms with Gasteiger partial charge in [0.2, 0.25) is 0 Å². The SMILES string of the molecule is CC(O)C1(c2nc3ccccc3s2)CC1. The highest BCUT2D eigenvalue weighted by atomic mass is 32.1. The normalized spacial score (nSPS) is 20.4. The molecule has 0 radical (unpaired) electrons. The van der Waals surface area contributed by atoms with Gasteiger partial charge in [0.25, 0.3) is 0 Å². The van der Waals surface area contributed by atoms with Crippen LogP contribution in [0.3, 0.4) is 0 Å². The minimum Gasteiger partial charge on any atom is -0.392 e. The fraction of sp³-hybridized carbons (Fsp3) is 0.417. The predicted octanol–water partition coefficient (Wildman–Crippen LogP) is 2.71. The highest BCUT2D eigenvalue weighted by Crippen LogP contribution is 2.52. The van der Waals surface area contributed by atoms with Crippen LogP contribution in [0, 0.1) is 0 Å². The fourth-order valence-electron chi connectivity index (χ4n) is 2.03. The third-order valence-electron chi connectivity index (χ3n) is 3.31. The molecule has 0 saturated heterocycles. The quantitative estimate of drug-likeness (QED) is 0.842. The van der Waals surface area contributed by atoms with Crippen molar-refractivity contribution in [2.24, 2.45) is 0 Å². The van der Waals surface area contributed by atoms with Crippen molar-refractivity contribution in [3.05, 3.63) is 29.3 Å². The van der Waals surface area contributed by atoms with Crippen LogP contribution in [0.25, 0.3) is 10.2 Å². The highest BCUT2D eigenvalue weighted by Gasteiger charge is 2.50. The smallest absolute Gasteiger partial charge is 0.103 e. The Kier molecular flexibility index (Phi) is 1.88. The molecule has 2 nitrogen and oxygen atoms in total. The van der Waals surface area contributed by atoms with E-state index in [1.54, 1.807) is 11.3 Å². The maximum atomic E-state index is 9.79. The molecule has 1 saturated carbocycles. The Hall–Kier alpha value is -0.930. The van der Waals surface area contributed by atoms with Gasteiger partial charge in [0.15, 0.2) is 0 Å². The number of rotatable bonds is 2. The topological polar surface area (TPSA) is 33.1 Å². The summed E-state index contributed by atoms with van der Waals surface area (Å²) in [4.78, 5) is 4.63. The van der Waals surface area contributed by atoms with Gasteiger partial charge in [0.05, 0.1) is 16.3 Å². The minimum atomic E-state index is -0.280. The van der Waals surface area contributed by atoms with E-state index in [0.29, 0.717) is 0 Å². The van der Waals surface area contributed by atoms with Crippen molar-refractivity contribution in [2.45, 2.75) is 31.3 Å². The van der Waals surface area contributed by atoms with E-state index < -0.39 is 0 Å². The van der Waals surface area contributed by atoms with E-state index in [1.807, 2.05) is 25.1 Å². The number of benzene rings is 1. The van der Waals surface area contributed by atoms with Crippen LogP contribution in [-0.2, 0) is 5.41 Å². The van der Waals surface area contributed by atoms with E-state index in [0.717, 1.165) is 23.4 Å². The molecule has 0 amide bonds. The second-order valence-corrected chi connectivity index (χ2v) is 5.35. The number of aromatic nitrogens is 1. The molecule has 1 atom stereocenters. The lowest BCUT2D eigenvalue weighted by molar-refractivity contribution is 0.150. The Morgan fingerprint density at radius 2 is 2.13 bits per heavy atom. The van der Waals surface area contributed by atoms with Gasteiger partial charge >= 0.3 is 0 Å². The zero-order valence-electron chi connectivity index (χ0n) is 8.60. The van der Waals surface area contributed by atoms with Crippen LogP contribution in [0.2, 0.25) is 0 Å². The third kappa shape index (κ3) is 1.30. The van der Waals surface area contributed by atoms with E-state index in [2.05, 4.69) is 11.1 Å².